The van der Waals surface area contributed by atoms with Gasteiger partial charge < -0.3 is 18.6 Å². The molecule has 1 aromatic carbocycles. The first-order valence-electron chi connectivity index (χ1n) is 11.0. The maximum absolute atomic E-state index is 12.7. The predicted molar refractivity (Wildman–Crippen MR) is 125 cm³/mol. The van der Waals surface area contributed by atoms with Crippen molar-refractivity contribution in [2.45, 2.75) is 25.7 Å². The first kappa shape index (κ1) is 21.2. The molecule has 0 aliphatic carbocycles. The number of nitriles is 1. The molecule has 4 heterocycles. The van der Waals surface area contributed by atoms with Gasteiger partial charge in [-0.3, -0.25) is 4.79 Å². The summed E-state index contributed by atoms with van der Waals surface area (Å²) < 4.78 is 12.3. The van der Waals surface area contributed by atoms with Crippen LogP contribution in [0.3, 0.4) is 0 Å². The number of oxazole rings is 1. The van der Waals surface area contributed by atoms with Gasteiger partial charge in [0.1, 0.15) is 6.07 Å². The molecule has 1 amide bonds. The molecule has 0 bridgehead atoms. The van der Waals surface area contributed by atoms with Crippen LogP contribution in [0.15, 0.2) is 51.5 Å². The number of aryl methyl sites for hydroxylation is 1. The largest absolute Gasteiger partial charge is 0.459 e. The normalized spacial score (nSPS) is 14.0. The van der Waals surface area contributed by atoms with Gasteiger partial charge >= 0.3 is 0 Å². The lowest BCUT2D eigenvalue weighted by molar-refractivity contribution is -0.131. The van der Waals surface area contributed by atoms with Crippen LogP contribution in [0.25, 0.3) is 21.9 Å². The van der Waals surface area contributed by atoms with E-state index < -0.39 is 0 Å². The van der Waals surface area contributed by atoms with Gasteiger partial charge in [-0.1, -0.05) is 12.1 Å². The van der Waals surface area contributed by atoms with Crippen molar-refractivity contribution in [1.82, 2.24) is 14.9 Å². The molecule has 0 spiro atoms. The number of carbonyl (C=O) groups excluding carboxylic acids is 1. The highest BCUT2D eigenvalue weighted by atomic mass is 32.1. The van der Waals surface area contributed by atoms with Crippen molar-refractivity contribution >= 4 is 33.3 Å². The Hall–Kier alpha value is -3.64. The summed E-state index contributed by atoms with van der Waals surface area (Å²) in [6.07, 6.45) is 4.78. The van der Waals surface area contributed by atoms with Crippen molar-refractivity contribution in [3.05, 3.63) is 53.4 Å². The fraction of sp³-hybridized carbons (Fsp3) is 0.333. The Balaban J connectivity index is 1.10. The van der Waals surface area contributed by atoms with Gasteiger partial charge in [0.15, 0.2) is 5.76 Å². The van der Waals surface area contributed by atoms with Crippen LogP contribution in [0.2, 0.25) is 0 Å². The summed E-state index contributed by atoms with van der Waals surface area (Å²) in [5, 5.41) is 10.6. The number of hydrogen-bond donors (Lipinski definition) is 0. The first-order valence-corrected chi connectivity index (χ1v) is 11.8. The maximum atomic E-state index is 12.7. The number of rotatable bonds is 7. The van der Waals surface area contributed by atoms with Crippen LogP contribution >= 0.6 is 11.3 Å². The molecule has 33 heavy (non-hydrogen) atoms. The van der Waals surface area contributed by atoms with E-state index in [9.17, 15) is 10.1 Å². The highest BCUT2D eigenvalue weighted by molar-refractivity contribution is 7.18. The second kappa shape index (κ2) is 9.46. The van der Waals surface area contributed by atoms with Crippen molar-refractivity contribution in [2.24, 2.45) is 0 Å². The van der Waals surface area contributed by atoms with E-state index in [1.165, 1.54) is 11.0 Å². The molecule has 0 atom stereocenters. The van der Waals surface area contributed by atoms with Gasteiger partial charge in [0.2, 0.25) is 17.5 Å². The molecule has 0 unspecified atom stereocenters. The minimum atomic E-state index is 0.174. The van der Waals surface area contributed by atoms with Gasteiger partial charge in [0.25, 0.3) is 5.89 Å². The van der Waals surface area contributed by atoms with E-state index in [1.54, 1.807) is 23.5 Å². The summed E-state index contributed by atoms with van der Waals surface area (Å²) in [7, 11) is 0. The smallest absolute Gasteiger partial charge is 0.266 e. The van der Waals surface area contributed by atoms with Crippen LogP contribution < -0.4 is 4.90 Å². The van der Waals surface area contributed by atoms with Gasteiger partial charge in [-0.2, -0.15) is 10.2 Å². The third-order valence-electron chi connectivity index (χ3n) is 5.74. The van der Waals surface area contributed by atoms with Gasteiger partial charge in [0.05, 0.1) is 21.5 Å². The number of carbonyl (C=O) groups is 1. The highest BCUT2D eigenvalue weighted by Crippen LogP contribution is 2.29. The number of aromatic nitrogens is 2. The number of thiazole rings is 1. The van der Waals surface area contributed by atoms with E-state index >= 15 is 0 Å². The van der Waals surface area contributed by atoms with Gasteiger partial charge in [-0.05, 0) is 43.5 Å². The number of anilines is 1. The predicted octanol–water partition coefficient (Wildman–Crippen LogP) is 4.48. The summed E-state index contributed by atoms with van der Waals surface area (Å²) in [5.41, 5.74) is 1.28. The van der Waals surface area contributed by atoms with Crippen molar-refractivity contribution < 1.29 is 13.6 Å². The number of benzene rings is 1. The van der Waals surface area contributed by atoms with Crippen LogP contribution in [0, 0.1) is 11.3 Å². The Morgan fingerprint density at radius 1 is 1.09 bits per heavy atom. The standard InChI is InChI=1S/C24H23N5O3S/c25-16-18-24(32-23(27-18)19-7-5-15-31-19)29-13-11-28(12-14-29)22(30)10-4-3-9-21-26-17-6-1-2-8-20(17)33-21/h1-2,5-8,15H,3-4,9-14H2. The summed E-state index contributed by atoms with van der Waals surface area (Å²) in [6, 6.07) is 13.7. The van der Waals surface area contributed by atoms with E-state index in [4.69, 9.17) is 8.83 Å². The molecule has 8 nitrogen and oxygen atoms in total. The number of furan rings is 1. The number of amides is 1. The average Bonchev–Trinajstić information content (AvgIpc) is 3.60. The number of hydrogen-bond acceptors (Lipinski definition) is 8. The molecule has 1 aliphatic rings. The molecule has 9 heteroatoms. The van der Waals surface area contributed by atoms with Gasteiger partial charge in [0, 0.05) is 32.6 Å². The van der Waals surface area contributed by atoms with Crippen molar-refractivity contribution in [3.8, 4) is 17.7 Å². The quantitative estimate of drug-likeness (QED) is 0.374. The third kappa shape index (κ3) is 4.61. The molecular formula is C24H23N5O3S. The summed E-state index contributed by atoms with van der Waals surface area (Å²) in [4.78, 5) is 25.4. The Morgan fingerprint density at radius 2 is 1.94 bits per heavy atom. The number of fused-ring (bicyclic) bond motifs is 1. The van der Waals surface area contributed by atoms with E-state index in [0.717, 1.165) is 29.8 Å². The molecule has 1 fully saturated rings. The SMILES string of the molecule is N#Cc1nc(-c2ccco2)oc1N1CCN(C(=O)CCCCc2nc3ccccc3s2)CC1. The molecule has 0 N–H and O–H groups in total. The average molecular weight is 462 g/mol. The Labute approximate surface area is 195 Å². The summed E-state index contributed by atoms with van der Waals surface area (Å²) >= 11 is 1.73. The van der Waals surface area contributed by atoms with Crippen LogP contribution in [-0.4, -0.2) is 47.0 Å². The molecule has 3 aromatic heterocycles. The van der Waals surface area contributed by atoms with Crippen LogP contribution in [0.1, 0.15) is 30.0 Å². The van der Waals surface area contributed by atoms with E-state index in [-0.39, 0.29) is 17.5 Å². The molecule has 1 saturated heterocycles. The lowest BCUT2D eigenvalue weighted by atomic mass is 10.1. The minimum absolute atomic E-state index is 0.174. The van der Waals surface area contributed by atoms with Gasteiger partial charge in [-0.15, -0.1) is 11.3 Å². The number of nitrogens with zero attached hydrogens (tertiary/aromatic N) is 5. The number of para-hydroxylation sites is 1. The first-order chi connectivity index (χ1) is 16.2. The lowest BCUT2D eigenvalue weighted by Crippen LogP contribution is -2.48. The maximum Gasteiger partial charge on any atom is 0.266 e. The zero-order valence-electron chi connectivity index (χ0n) is 18.1. The van der Waals surface area contributed by atoms with Crippen molar-refractivity contribution in [3.63, 3.8) is 0 Å². The Morgan fingerprint density at radius 3 is 2.70 bits per heavy atom. The molecule has 1 aliphatic heterocycles. The van der Waals surface area contributed by atoms with Crippen molar-refractivity contribution in [2.75, 3.05) is 31.1 Å². The second-order valence-electron chi connectivity index (χ2n) is 7.91. The van der Waals surface area contributed by atoms with Crippen molar-refractivity contribution in [1.29, 1.82) is 5.26 Å². The molecule has 4 aromatic rings. The molecule has 168 valence electrons. The zero-order chi connectivity index (χ0) is 22.6. The Bertz CT molecular complexity index is 1250. The van der Waals surface area contributed by atoms with Gasteiger partial charge in [-0.25, -0.2) is 4.98 Å². The second-order valence-corrected chi connectivity index (χ2v) is 9.03. The highest BCUT2D eigenvalue weighted by Gasteiger charge is 2.26. The van der Waals surface area contributed by atoms with E-state index in [0.29, 0.717) is 44.2 Å². The number of unbranched alkanes of at least 4 members (excludes halogenated alkanes) is 1. The van der Waals surface area contributed by atoms with Crippen LogP contribution in [0.4, 0.5) is 5.88 Å². The zero-order valence-corrected chi connectivity index (χ0v) is 18.9. The third-order valence-corrected chi connectivity index (χ3v) is 6.83. The van der Waals surface area contributed by atoms with Crippen LogP contribution in [0.5, 0.6) is 0 Å². The molecule has 5 rings (SSSR count). The molecular weight excluding hydrogens is 438 g/mol. The number of piperazine rings is 1. The summed E-state index contributed by atoms with van der Waals surface area (Å²) in [6.45, 7) is 2.38. The molecule has 0 radical (unpaired) electrons. The van der Waals surface area contributed by atoms with Crippen LogP contribution in [-0.2, 0) is 11.2 Å². The van der Waals surface area contributed by atoms with E-state index in [1.807, 2.05) is 28.0 Å². The van der Waals surface area contributed by atoms with E-state index in [2.05, 4.69) is 22.1 Å². The fourth-order valence-electron chi connectivity index (χ4n) is 4.00. The Kier molecular flexibility index (Phi) is 6.09. The topological polar surface area (TPSA) is 99.4 Å². The minimum Gasteiger partial charge on any atom is -0.459 e. The summed E-state index contributed by atoms with van der Waals surface area (Å²) in [5.74, 6) is 1.38. The lowest BCUT2D eigenvalue weighted by Gasteiger charge is -2.34. The molecule has 0 saturated carbocycles. The fourth-order valence-corrected chi connectivity index (χ4v) is 5.01. The monoisotopic (exact) mass is 461 g/mol.